The lowest BCUT2D eigenvalue weighted by atomic mass is 10.0. The first-order valence-corrected chi connectivity index (χ1v) is 10.0. The number of hydrogen-bond acceptors (Lipinski definition) is 2. The number of aryl methyl sites for hydroxylation is 1. The molecule has 0 aliphatic heterocycles. The molecule has 0 aliphatic carbocycles. The minimum absolute atomic E-state index is 0.0606. The fourth-order valence-electron chi connectivity index (χ4n) is 3.03. The number of carbonyl (C=O) groups excluding carboxylic acids is 1. The van der Waals surface area contributed by atoms with Crippen molar-refractivity contribution in [1.29, 1.82) is 0 Å². The summed E-state index contributed by atoms with van der Waals surface area (Å²) in [5.41, 5.74) is 3.81. The summed E-state index contributed by atoms with van der Waals surface area (Å²) < 4.78 is 0. The minimum Gasteiger partial charge on any atom is -0.350 e. The van der Waals surface area contributed by atoms with Crippen LogP contribution in [0.3, 0.4) is 0 Å². The van der Waals surface area contributed by atoms with Crippen LogP contribution in [0.15, 0.2) is 67.0 Å². The molecule has 0 spiro atoms. The third kappa shape index (κ3) is 5.57. The smallest absolute Gasteiger partial charge is 0.251 e. The van der Waals surface area contributed by atoms with E-state index in [4.69, 9.17) is 23.2 Å². The molecule has 2 aromatic carbocycles. The molecule has 0 bridgehead atoms. The van der Waals surface area contributed by atoms with Gasteiger partial charge >= 0.3 is 0 Å². The quantitative estimate of drug-likeness (QED) is 0.501. The Bertz CT molecular complexity index is 927. The van der Waals surface area contributed by atoms with E-state index in [9.17, 15) is 4.79 Å². The number of rotatable bonds is 7. The molecule has 0 saturated carbocycles. The number of halogens is 2. The molecule has 0 aliphatic rings. The van der Waals surface area contributed by atoms with E-state index in [0.29, 0.717) is 15.6 Å². The van der Waals surface area contributed by atoms with Gasteiger partial charge in [0.05, 0.1) is 10.0 Å². The van der Waals surface area contributed by atoms with Crippen molar-refractivity contribution < 1.29 is 4.79 Å². The van der Waals surface area contributed by atoms with Crippen LogP contribution in [-0.2, 0) is 6.42 Å². The lowest BCUT2D eigenvalue weighted by molar-refractivity contribution is 0.0938. The summed E-state index contributed by atoms with van der Waals surface area (Å²) in [5.74, 6) is -0.0606. The average molecular weight is 413 g/mol. The van der Waals surface area contributed by atoms with Gasteiger partial charge in [0.1, 0.15) is 0 Å². The summed E-state index contributed by atoms with van der Waals surface area (Å²) in [5, 5.41) is 4.11. The van der Waals surface area contributed by atoms with Gasteiger partial charge < -0.3 is 5.32 Å². The third-order valence-corrected chi connectivity index (χ3v) is 5.34. The Hall–Kier alpha value is -2.36. The van der Waals surface area contributed by atoms with E-state index >= 15 is 0 Å². The lowest BCUT2D eigenvalue weighted by Crippen LogP contribution is -2.32. The molecule has 144 valence electrons. The van der Waals surface area contributed by atoms with Gasteiger partial charge in [-0.15, -0.1) is 0 Å². The Morgan fingerprint density at radius 2 is 1.79 bits per heavy atom. The van der Waals surface area contributed by atoms with Gasteiger partial charge in [0.15, 0.2) is 0 Å². The average Bonchev–Trinajstić information content (AvgIpc) is 2.71. The van der Waals surface area contributed by atoms with Crippen LogP contribution in [0.25, 0.3) is 11.1 Å². The molecule has 1 amide bonds. The summed E-state index contributed by atoms with van der Waals surface area (Å²) in [6.07, 6.45) is 6.55. The zero-order chi connectivity index (χ0) is 19.9. The van der Waals surface area contributed by atoms with Gasteiger partial charge in [0, 0.05) is 24.0 Å². The Morgan fingerprint density at radius 1 is 1.04 bits per heavy atom. The first-order valence-electron chi connectivity index (χ1n) is 9.28. The summed E-state index contributed by atoms with van der Waals surface area (Å²) in [6, 6.07) is 17.1. The molecule has 5 heteroatoms. The van der Waals surface area contributed by atoms with Crippen molar-refractivity contribution in [3.05, 3.63) is 88.2 Å². The molecule has 0 radical (unpaired) electrons. The minimum atomic E-state index is -0.0606. The molecule has 1 N–H and O–H groups in total. The van der Waals surface area contributed by atoms with Crippen molar-refractivity contribution in [1.82, 2.24) is 10.3 Å². The number of aromatic nitrogens is 1. The van der Waals surface area contributed by atoms with E-state index < -0.39 is 0 Å². The maximum absolute atomic E-state index is 12.5. The van der Waals surface area contributed by atoms with Crippen LogP contribution in [0.1, 0.15) is 35.7 Å². The van der Waals surface area contributed by atoms with Crippen molar-refractivity contribution in [2.24, 2.45) is 0 Å². The zero-order valence-corrected chi connectivity index (χ0v) is 17.2. The second-order valence-corrected chi connectivity index (χ2v) is 7.65. The van der Waals surface area contributed by atoms with Crippen molar-refractivity contribution in [2.75, 3.05) is 0 Å². The topological polar surface area (TPSA) is 42.0 Å². The molecule has 1 unspecified atom stereocenters. The third-order valence-electron chi connectivity index (χ3n) is 4.60. The Kier molecular flexibility index (Phi) is 7.07. The molecule has 3 rings (SSSR count). The van der Waals surface area contributed by atoms with Crippen LogP contribution >= 0.6 is 23.2 Å². The highest BCUT2D eigenvalue weighted by molar-refractivity contribution is 6.42. The Labute approximate surface area is 175 Å². The maximum atomic E-state index is 12.5. The molecule has 0 saturated heterocycles. The van der Waals surface area contributed by atoms with Crippen LogP contribution in [0, 0.1) is 0 Å². The van der Waals surface area contributed by atoms with E-state index in [2.05, 4.69) is 16.4 Å². The van der Waals surface area contributed by atoms with Gasteiger partial charge in [-0.2, -0.15) is 0 Å². The lowest BCUT2D eigenvalue weighted by Gasteiger charge is -2.14. The van der Waals surface area contributed by atoms with E-state index in [-0.39, 0.29) is 11.9 Å². The number of carbonyl (C=O) groups is 1. The fraction of sp³-hybridized carbons (Fsp3) is 0.217. The summed E-state index contributed by atoms with van der Waals surface area (Å²) in [7, 11) is 0. The molecular weight excluding hydrogens is 391 g/mol. The summed E-state index contributed by atoms with van der Waals surface area (Å²) in [4.78, 5) is 16.6. The predicted molar refractivity (Wildman–Crippen MR) is 116 cm³/mol. The monoisotopic (exact) mass is 412 g/mol. The second-order valence-electron chi connectivity index (χ2n) is 6.83. The van der Waals surface area contributed by atoms with E-state index in [0.717, 1.165) is 30.4 Å². The number of pyridine rings is 1. The molecule has 3 nitrogen and oxygen atoms in total. The maximum Gasteiger partial charge on any atom is 0.251 e. The van der Waals surface area contributed by atoms with E-state index in [1.165, 1.54) is 5.56 Å². The summed E-state index contributed by atoms with van der Waals surface area (Å²) in [6.45, 7) is 2.03. The Morgan fingerprint density at radius 3 is 2.46 bits per heavy atom. The van der Waals surface area contributed by atoms with Crippen LogP contribution in [0.5, 0.6) is 0 Å². The van der Waals surface area contributed by atoms with Crippen molar-refractivity contribution in [3.8, 4) is 11.1 Å². The van der Waals surface area contributed by atoms with Gasteiger partial charge in [0.25, 0.3) is 5.91 Å². The van der Waals surface area contributed by atoms with Gasteiger partial charge in [0.2, 0.25) is 0 Å². The molecule has 1 atom stereocenters. The second kappa shape index (κ2) is 9.72. The number of amides is 1. The fourth-order valence-corrected chi connectivity index (χ4v) is 3.33. The molecule has 28 heavy (non-hydrogen) atoms. The van der Waals surface area contributed by atoms with E-state index in [1.807, 2.05) is 55.6 Å². The van der Waals surface area contributed by atoms with Gasteiger partial charge in [-0.25, -0.2) is 0 Å². The highest BCUT2D eigenvalue weighted by atomic mass is 35.5. The van der Waals surface area contributed by atoms with Crippen LogP contribution < -0.4 is 5.32 Å². The molecule has 1 heterocycles. The number of nitrogens with zero attached hydrogens (tertiary/aromatic N) is 1. The van der Waals surface area contributed by atoms with Gasteiger partial charge in [-0.05, 0) is 73.2 Å². The Balaban J connectivity index is 1.53. The number of nitrogens with one attached hydrogen (secondary N) is 1. The van der Waals surface area contributed by atoms with Crippen LogP contribution in [0.4, 0.5) is 0 Å². The molecule has 1 aromatic heterocycles. The molecule has 0 fully saturated rings. The van der Waals surface area contributed by atoms with Gasteiger partial charge in [-0.3, -0.25) is 9.78 Å². The van der Waals surface area contributed by atoms with Crippen molar-refractivity contribution in [3.63, 3.8) is 0 Å². The van der Waals surface area contributed by atoms with Crippen LogP contribution in [0.2, 0.25) is 10.0 Å². The zero-order valence-electron chi connectivity index (χ0n) is 15.7. The van der Waals surface area contributed by atoms with Crippen molar-refractivity contribution in [2.45, 2.75) is 32.2 Å². The first-order chi connectivity index (χ1) is 13.5. The largest absolute Gasteiger partial charge is 0.350 e. The highest BCUT2D eigenvalue weighted by Gasteiger charge is 2.10. The first kappa shape index (κ1) is 20.4. The summed E-state index contributed by atoms with van der Waals surface area (Å²) >= 11 is 12.1. The van der Waals surface area contributed by atoms with Gasteiger partial charge in [-0.1, -0.05) is 47.5 Å². The SMILES string of the molecule is CC(CCCc1cccnc1)NC(=O)c1ccc(-c2ccc(Cl)c(Cl)c2)cc1. The predicted octanol–water partition coefficient (Wildman–Crippen LogP) is 6.20. The normalized spacial score (nSPS) is 11.8. The van der Waals surface area contributed by atoms with Crippen LogP contribution in [-0.4, -0.2) is 16.9 Å². The van der Waals surface area contributed by atoms with Crippen molar-refractivity contribution >= 4 is 29.1 Å². The molecular formula is C23H22Cl2N2O. The number of hydrogen-bond donors (Lipinski definition) is 1. The van der Waals surface area contributed by atoms with E-state index in [1.54, 1.807) is 12.3 Å². The molecule has 3 aromatic rings. The number of benzene rings is 2. The highest BCUT2D eigenvalue weighted by Crippen LogP contribution is 2.28. The standard InChI is InChI=1S/C23H22Cl2N2O/c1-16(4-2-5-17-6-3-13-26-15-17)27-23(28)19-9-7-18(8-10-19)20-11-12-21(24)22(25)14-20/h3,6-16H,2,4-5H2,1H3,(H,27,28).